The van der Waals surface area contributed by atoms with Crippen LogP contribution < -0.4 is 52.3 Å². The molecule has 5 saturated heterocycles. The number of hydrogen-bond acceptors (Lipinski definition) is 11. The quantitative estimate of drug-likeness (QED) is 0.0517. The molecule has 1 N–H and O–H groups in total. The molecule has 0 atom stereocenters. The average molecular weight is 1930 g/mol. The number of pyridine rings is 5. The summed E-state index contributed by atoms with van der Waals surface area (Å²) < 4.78 is 93.2. The molecule has 16 nitrogen and oxygen atoms in total. The van der Waals surface area contributed by atoms with Gasteiger partial charge in [-0.25, -0.2) is 26.3 Å². The fourth-order valence-electron chi connectivity index (χ4n) is 18.4. The monoisotopic (exact) mass is 1930 g/mol. The number of alkyl halides is 2. The number of rotatable bonds is 26. The van der Waals surface area contributed by atoms with Gasteiger partial charge in [-0.2, -0.15) is 0 Å². The molecule has 716 valence electrons. The molecule has 1 aliphatic carbocycles. The number of unbranched alkanes of at least 4 members (excludes halogenated alkanes) is 2. The van der Waals surface area contributed by atoms with Gasteiger partial charge in [0.25, 0.3) is 27.8 Å². The van der Waals surface area contributed by atoms with E-state index in [1.165, 1.54) is 42.7 Å². The first-order chi connectivity index (χ1) is 63.6. The number of aryl methyl sites for hydroxylation is 5. The van der Waals surface area contributed by atoms with Crippen molar-refractivity contribution < 1.29 is 31.4 Å². The first-order valence-electron chi connectivity index (χ1n) is 47.6. The molecular formula is C106H129Cl5F6N10O6. The van der Waals surface area contributed by atoms with E-state index >= 15 is 8.78 Å². The van der Waals surface area contributed by atoms with Crippen LogP contribution in [0.4, 0.5) is 54.8 Å². The third kappa shape index (κ3) is 27.0. The summed E-state index contributed by atoms with van der Waals surface area (Å²) in [5, 5.41) is 11.4. The van der Waals surface area contributed by atoms with Crippen LogP contribution in [0.15, 0.2) is 207 Å². The minimum Gasteiger partial charge on any atom is -0.386 e. The van der Waals surface area contributed by atoms with Crippen LogP contribution in [0.2, 0.25) is 25.1 Å². The zero-order chi connectivity index (χ0) is 95.4. The molecule has 133 heavy (non-hydrogen) atoms. The number of aliphatic hydroxyl groups is 1. The van der Waals surface area contributed by atoms with Crippen molar-refractivity contribution in [3.8, 4) is 0 Å². The molecular weight excluding hydrogens is 1800 g/mol. The number of anilines is 5. The third-order valence-corrected chi connectivity index (χ3v) is 28.9. The average Bonchev–Trinajstić information content (AvgIpc) is 1.80. The van der Waals surface area contributed by atoms with E-state index in [9.17, 15) is 46.6 Å². The van der Waals surface area contributed by atoms with Gasteiger partial charge in [-0.15, -0.1) is 0 Å². The van der Waals surface area contributed by atoms with Crippen molar-refractivity contribution in [3.63, 3.8) is 0 Å². The Morgan fingerprint density at radius 2 is 0.669 bits per heavy atom. The number of halogens is 11. The number of piperidine rings is 5. The molecule has 10 aromatic rings. The number of aromatic nitrogens is 5. The lowest BCUT2D eigenvalue weighted by molar-refractivity contribution is 0.0785. The van der Waals surface area contributed by atoms with Gasteiger partial charge in [-0.1, -0.05) is 222 Å². The number of hydrogen-bond donors (Lipinski definition) is 1. The molecule has 0 amide bonds. The van der Waals surface area contributed by atoms with E-state index in [0.717, 1.165) is 167 Å². The fraction of sp³-hybridized carbons (Fsp3) is 0.481. The van der Waals surface area contributed by atoms with Gasteiger partial charge >= 0.3 is 0 Å². The van der Waals surface area contributed by atoms with E-state index in [1.807, 2.05) is 125 Å². The van der Waals surface area contributed by atoms with Crippen molar-refractivity contribution in [1.82, 2.24) is 22.8 Å². The summed E-state index contributed by atoms with van der Waals surface area (Å²) in [6.45, 7) is 26.4. The molecule has 0 unspecified atom stereocenters. The van der Waals surface area contributed by atoms with Crippen LogP contribution in [0.3, 0.4) is 0 Å². The van der Waals surface area contributed by atoms with E-state index in [-0.39, 0.29) is 59.7 Å². The minimum atomic E-state index is -1.31. The molecule has 0 bridgehead atoms. The molecule has 0 spiro atoms. The lowest BCUT2D eigenvalue weighted by Crippen LogP contribution is -2.41. The summed E-state index contributed by atoms with van der Waals surface area (Å²) >= 11 is 31.9. The van der Waals surface area contributed by atoms with Gasteiger partial charge < -0.3 is 52.4 Å². The largest absolute Gasteiger partial charge is 0.386 e. The highest BCUT2D eigenvalue weighted by molar-refractivity contribution is 6.34. The smallest absolute Gasteiger partial charge is 0.271 e. The van der Waals surface area contributed by atoms with E-state index in [2.05, 4.69) is 68.4 Å². The lowest BCUT2D eigenvalue weighted by atomic mass is 9.86. The van der Waals surface area contributed by atoms with Gasteiger partial charge in [-0.05, 0) is 196 Å². The molecule has 5 aromatic heterocycles. The van der Waals surface area contributed by atoms with Gasteiger partial charge in [0.15, 0.2) is 0 Å². The molecule has 1 saturated carbocycles. The van der Waals surface area contributed by atoms with E-state index in [0.29, 0.717) is 137 Å². The Morgan fingerprint density at radius 3 is 0.955 bits per heavy atom. The van der Waals surface area contributed by atoms with Crippen LogP contribution in [0.25, 0.3) is 0 Å². The van der Waals surface area contributed by atoms with Crippen LogP contribution in [0.5, 0.6) is 0 Å². The van der Waals surface area contributed by atoms with Crippen LogP contribution in [0.1, 0.15) is 229 Å². The maximum Gasteiger partial charge on any atom is 0.271 e. The first-order valence-corrected chi connectivity index (χ1v) is 49.5. The molecule has 27 heteroatoms. The second-order valence-corrected chi connectivity index (χ2v) is 39.7. The van der Waals surface area contributed by atoms with E-state index in [1.54, 1.807) is 55.3 Å². The van der Waals surface area contributed by atoms with Gasteiger partial charge in [0, 0.05) is 167 Å². The highest BCUT2D eigenvalue weighted by atomic mass is 35.5. The fourth-order valence-corrected chi connectivity index (χ4v) is 19.8. The summed E-state index contributed by atoms with van der Waals surface area (Å²) in [5.74, 6) is 0.327. The van der Waals surface area contributed by atoms with Crippen molar-refractivity contribution in [1.29, 1.82) is 0 Å². The Labute approximate surface area is 804 Å². The summed E-state index contributed by atoms with van der Waals surface area (Å²) in [7, 11) is 0. The first kappa shape index (κ1) is 103. The van der Waals surface area contributed by atoms with Crippen molar-refractivity contribution in [2.75, 3.05) is 89.9 Å². The summed E-state index contributed by atoms with van der Waals surface area (Å²) in [6, 6.07) is 44.1. The van der Waals surface area contributed by atoms with E-state index < -0.39 is 40.2 Å². The SMILES string of the molecule is CC(C)CCn1ccc(N2CCC(F)(c3ccccc3)CC2)c(Cl)c1=O.CC(C)CCn1ccc(N2CCC(c3ccc(F)cc3F)CC2)c(Cl)c1=O.CCCCn1ccc(N2CCC(c3ccc(C(C)(C)O)cc3)CC2)c(Cl)c1=O.CCCCn1ccc(N2CCC(c3ccc(F)cc3F)CC2)c(Cl)c1=O.O=c1c(Cl)c(N2CCC(F)(c3ccccc3)CC2)ccn1CCC1CC1. The summed E-state index contributed by atoms with van der Waals surface area (Å²) in [4.78, 5) is 73.0. The Bertz CT molecular complexity index is 5660. The summed E-state index contributed by atoms with van der Waals surface area (Å²) in [5.41, 5.74) is 4.49. The van der Waals surface area contributed by atoms with E-state index in [4.69, 9.17) is 58.0 Å². The van der Waals surface area contributed by atoms with Gasteiger partial charge in [0.2, 0.25) is 0 Å². The second-order valence-electron chi connectivity index (χ2n) is 37.8. The Kier molecular flexibility index (Phi) is 36.7. The lowest BCUT2D eigenvalue weighted by Gasteiger charge is -2.38. The molecule has 6 aliphatic rings. The highest BCUT2D eigenvalue weighted by Crippen LogP contribution is 2.44. The highest BCUT2D eigenvalue weighted by Gasteiger charge is 2.40. The standard InChI is InChI=1S/C23H31ClN2O2.C21H25ClF2N2O.C21H24ClFN2O.C21H26ClFN2O.C20H23ClF2N2O/c1-4-5-13-26-16-12-20(21(24)22(26)27)25-14-10-18(11-15-25)17-6-8-19(9-7-17)23(2,3)28;1-14(2)5-9-26-12-8-19(20(22)21(26)27)25-10-6-15(7-11-25)17-4-3-16(23)13-18(17)24;22-19-18(9-13-25(20(19)26)12-8-16-6-7-16)24-14-10-21(23,11-15-24)17-4-2-1-3-5-17;1-16(2)8-12-25-13-9-18(19(22)20(25)26)24-14-10-21(23,11-15-24)17-6-4-3-5-7-17;1-2-3-9-25-12-8-18(19(21)20(25)26)24-10-6-14(7-11-24)16-5-4-15(22)13-17(16)23/h6-9,12,16,18,28H,4-5,10-11,13-15H2,1-3H3;3-4,8,12-15H,5-7,9-11H2,1-2H3;1-5,9,13,16H,6-8,10-12,14-15H2;3-7,9,13,16H,8,10-12,14-15H2,1-2H3;4-5,8,12-14H,2-3,6-7,9-11H2,1H3. The zero-order valence-electron chi connectivity index (χ0n) is 77.9. The molecule has 10 heterocycles. The van der Waals surface area contributed by atoms with Crippen LogP contribution in [-0.4, -0.2) is 93.4 Å². The molecule has 6 fully saturated rings. The number of nitrogens with zero attached hydrogens (tertiary/aromatic N) is 10. The van der Waals surface area contributed by atoms with Crippen LogP contribution in [-0.2, 0) is 49.7 Å². The predicted molar refractivity (Wildman–Crippen MR) is 533 cm³/mol. The van der Waals surface area contributed by atoms with Crippen LogP contribution in [0, 0.1) is 41.0 Å². The minimum absolute atomic E-state index is 0.0482. The third-order valence-electron chi connectivity index (χ3n) is 27.1. The Hall–Kier alpha value is -9.16. The summed E-state index contributed by atoms with van der Waals surface area (Å²) in [6.07, 6.45) is 25.1. The van der Waals surface area contributed by atoms with Crippen molar-refractivity contribution in [2.45, 2.75) is 245 Å². The molecule has 16 rings (SSSR count). The topological polar surface area (TPSA) is 146 Å². The predicted octanol–water partition coefficient (Wildman–Crippen LogP) is 24.9. The Balaban J connectivity index is 0.000000150. The van der Waals surface area contributed by atoms with Gasteiger partial charge in [-0.3, -0.25) is 24.0 Å². The number of benzene rings is 5. The maximum absolute atomic E-state index is 15.3. The molecule has 0 radical (unpaired) electrons. The molecule has 5 aliphatic heterocycles. The van der Waals surface area contributed by atoms with Crippen LogP contribution >= 0.6 is 58.0 Å². The Morgan fingerprint density at radius 1 is 0.376 bits per heavy atom. The van der Waals surface area contributed by atoms with Crippen molar-refractivity contribution in [2.24, 2.45) is 17.8 Å². The van der Waals surface area contributed by atoms with Gasteiger partial charge in [0.05, 0.1) is 34.0 Å². The molecule has 5 aromatic carbocycles. The van der Waals surface area contributed by atoms with Crippen molar-refractivity contribution in [3.05, 3.63) is 316 Å². The zero-order valence-corrected chi connectivity index (χ0v) is 81.7. The second kappa shape index (κ2) is 47.5. The van der Waals surface area contributed by atoms with Gasteiger partial charge in [0.1, 0.15) is 59.7 Å². The van der Waals surface area contributed by atoms with Crippen molar-refractivity contribution >= 4 is 86.4 Å². The maximum atomic E-state index is 15.3. The normalized spacial score (nSPS) is 16.6.